The molecule has 1 aliphatic carbocycles. The van der Waals surface area contributed by atoms with Gasteiger partial charge in [0.1, 0.15) is 6.54 Å². The number of hydrogen-bond acceptors (Lipinski definition) is 5. The molecule has 0 radical (unpaired) electrons. The smallest absolute Gasteiger partial charge is 0.323 e. The first-order chi connectivity index (χ1) is 9.20. The summed E-state index contributed by atoms with van der Waals surface area (Å²) in [6.45, 7) is 2.34. The lowest BCUT2D eigenvalue weighted by molar-refractivity contribution is -0.135. The Hall–Kier alpha value is -1.85. The lowest BCUT2D eigenvalue weighted by Gasteiger charge is -2.28. The molecule has 0 bridgehead atoms. The SMILES string of the molecule is CCOc1cncc(N(CC(=O)O)C2CCCC2)n1. The van der Waals surface area contributed by atoms with Gasteiger partial charge in [0, 0.05) is 6.04 Å². The highest BCUT2D eigenvalue weighted by molar-refractivity contribution is 5.73. The summed E-state index contributed by atoms with van der Waals surface area (Å²) in [4.78, 5) is 21.3. The zero-order valence-corrected chi connectivity index (χ0v) is 11.1. The predicted molar refractivity (Wildman–Crippen MR) is 70.4 cm³/mol. The van der Waals surface area contributed by atoms with Gasteiger partial charge in [-0.15, -0.1) is 0 Å². The standard InChI is InChI=1S/C13H19N3O3/c1-2-19-12-8-14-7-11(15-12)16(9-13(17)18)10-5-3-4-6-10/h7-8,10H,2-6,9H2,1H3,(H,17,18). The number of carboxylic acid groups (broad SMARTS) is 1. The fourth-order valence-electron chi connectivity index (χ4n) is 2.45. The van der Waals surface area contributed by atoms with Crippen LogP contribution in [0, 0.1) is 0 Å². The average Bonchev–Trinajstić information content (AvgIpc) is 2.90. The molecule has 104 valence electrons. The largest absolute Gasteiger partial charge is 0.480 e. The van der Waals surface area contributed by atoms with Gasteiger partial charge in [-0.1, -0.05) is 12.8 Å². The van der Waals surface area contributed by atoms with Crippen LogP contribution in [0.4, 0.5) is 5.82 Å². The van der Waals surface area contributed by atoms with Crippen molar-refractivity contribution < 1.29 is 14.6 Å². The zero-order valence-electron chi connectivity index (χ0n) is 11.1. The van der Waals surface area contributed by atoms with Crippen LogP contribution in [-0.2, 0) is 4.79 Å². The molecule has 2 rings (SSSR count). The van der Waals surface area contributed by atoms with Crippen LogP contribution < -0.4 is 9.64 Å². The molecule has 1 saturated carbocycles. The summed E-state index contributed by atoms with van der Waals surface area (Å²) in [6, 6.07) is 0.238. The van der Waals surface area contributed by atoms with Gasteiger partial charge in [-0.05, 0) is 19.8 Å². The minimum Gasteiger partial charge on any atom is -0.480 e. The van der Waals surface area contributed by atoms with Gasteiger partial charge >= 0.3 is 5.97 Å². The lowest BCUT2D eigenvalue weighted by Crippen LogP contribution is -2.38. The molecule has 1 aromatic heterocycles. The Morgan fingerprint density at radius 2 is 2.21 bits per heavy atom. The first kappa shape index (κ1) is 13.6. The molecule has 0 atom stereocenters. The second-order valence-electron chi connectivity index (χ2n) is 4.61. The molecule has 6 heteroatoms. The van der Waals surface area contributed by atoms with Gasteiger partial charge < -0.3 is 14.7 Å². The van der Waals surface area contributed by atoms with E-state index in [1.54, 1.807) is 12.4 Å². The Labute approximate surface area is 112 Å². The molecule has 1 aromatic rings. The average molecular weight is 265 g/mol. The molecular formula is C13H19N3O3. The maximum Gasteiger partial charge on any atom is 0.323 e. The molecule has 0 saturated heterocycles. The molecule has 0 unspecified atom stereocenters. The van der Waals surface area contributed by atoms with Crippen LogP contribution in [-0.4, -0.2) is 40.2 Å². The number of aliphatic carboxylic acids is 1. The number of nitrogens with zero attached hydrogens (tertiary/aromatic N) is 3. The van der Waals surface area contributed by atoms with Crippen molar-refractivity contribution in [3.05, 3.63) is 12.4 Å². The van der Waals surface area contributed by atoms with Crippen LogP contribution in [0.5, 0.6) is 5.88 Å². The summed E-state index contributed by atoms with van der Waals surface area (Å²) in [6.07, 6.45) is 7.44. The number of carbonyl (C=O) groups is 1. The Bertz CT molecular complexity index is 433. The van der Waals surface area contributed by atoms with Gasteiger partial charge in [0.15, 0.2) is 5.82 Å². The van der Waals surface area contributed by atoms with Gasteiger partial charge in [-0.3, -0.25) is 9.78 Å². The monoisotopic (exact) mass is 265 g/mol. The van der Waals surface area contributed by atoms with Crippen LogP contribution in [0.15, 0.2) is 12.4 Å². The van der Waals surface area contributed by atoms with Crippen LogP contribution >= 0.6 is 0 Å². The van der Waals surface area contributed by atoms with Crippen LogP contribution in [0.2, 0.25) is 0 Å². The van der Waals surface area contributed by atoms with E-state index in [2.05, 4.69) is 9.97 Å². The molecule has 1 N–H and O–H groups in total. The summed E-state index contributed by atoms with van der Waals surface area (Å²) < 4.78 is 5.32. The van der Waals surface area contributed by atoms with E-state index < -0.39 is 5.97 Å². The van der Waals surface area contributed by atoms with E-state index >= 15 is 0 Å². The number of hydrogen-bond donors (Lipinski definition) is 1. The lowest BCUT2D eigenvalue weighted by atomic mass is 10.2. The van der Waals surface area contributed by atoms with Gasteiger partial charge in [0.25, 0.3) is 0 Å². The molecule has 6 nitrogen and oxygen atoms in total. The van der Waals surface area contributed by atoms with Crippen molar-refractivity contribution in [2.24, 2.45) is 0 Å². The minimum atomic E-state index is -0.851. The predicted octanol–water partition coefficient (Wildman–Crippen LogP) is 1.71. The van der Waals surface area contributed by atoms with Crippen molar-refractivity contribution in [1.82, 2.24) is 9.97 Å². The molecule has 1 heterocycles. The van der Waals surface area contributed by atoms with E-state index in [0.29, 0.717) is 18.3 Å². The first-order valence-corrected chi connectivity index (χ1v) is 6.64. The molecule has 0 aromatic carbocycles. The summed E-state index contributed by atoms with van der Waals surface area (Å²) in [5.41, 5.74) is 0. The highest BCUT2D eigenvalue weighted by Crippen LogP contribution is 2.27. The van der Waals surface area contributed by atoms with E-state index in [9.17, 15) is 4.79 Å². The third-order valence-electron chi connectivity index (χ3n) is 3.26. The van der Waals surface area contributed by atoms with Crippen molar-refractivity contribution in [3.63, 3.8) is 0 Å². The number of anilines is 1. The summed E-state index contributed by atoms with van der Waals surface area (Å²) in [5.74, 6) is 0.171. The topological polar surface area (TPSA) is 75.5 Å². The second kappa shape index (κ2) is 6.36. The van der Waals surface area contributed by atoms with Crippen LogP contribution in [0.25, 0.3) is 0 Å². The summed E-state index contributed by atoms with van der Waals surface area (Å²) >= 11 is 0. The molecule has 1 fully saturated rings. The van der Waals surface area contributed by atoms with Crippen molar-refractivity contribution in [2.75, 3.05) is 18.1 Å². The highest BCUT2D eigenvalue weighted by atomic mass is 16.5. The van der Waals surface area contributed by atoms with Gasteiger partial charge in [-0.2, -0.15) is 4.98 Å². The number of ether oxygens (including phenoxy) is 1. The Morgan fingerprint density at radius 1 is 1.47 bits per heavy atom. The van der Waals surface area contributed by atoms with E-state index in [0.717, 1.165) is 25.7 Å². The van der Waals surface area contributed by atoms with Crippen LogP contribution in [0.3, 0.4) is 0 Å². The summed E-state index contributed by atoms with van der Waals surface area (Å²) in [5, 5.41) is 9.06. The quantitative estimate of drug-likeness (QED) is 0.844. The fraction of sp³-hybridized carbons (Fsp3) is 0.615. The normalized spacial score (nSPS) is 15.4. The van der Waals surface area contributed by atoms with Gasteiger partial charge in [0.2, 0.25) is 5.88 Å². The van der Waals surface area contributed by atoms with E-state index in [4.69, 9.17) is 9.84 Å². The number of carboxylic acids is 1. The maximum atomic E-state index is 11.0. The van der Waals surface area contributed by atoms with Gasteiger partial charge in [-0.25, -0.2) is 0 Å². The second-order valence-corrected chi connectivity index (χ2v) is 4.61. The maximum absolute atomic E-state index is 11.0. The van der Waals surface area contributed by atoms with E-state index in [1.165, 1.54) is 0 Å². The Kier molecular flexibility index (Phi) is 4.54. The molecule has 1 aliphatic rings. The number of aromatic nitrogens is 2. The van der Waals surface area contributed by atoms with Crippen molar-refractivity contribution in [2.45, 2.75) is 38.6 Å². The third-order valence-corrected chi connectivity index (χ3v) is 3.26. The third kappa shape index (κ3) is 3.56. The molecule has 19 heavy (non-hydrogen) atoms. The molecule has 0 amide bonds. The summed E-state index contributed by atoms with van der Waals surface area (Å²) in [7, 11) is 0. The Morgan fingerprint density at radius 3 is 2.84 bits per heavy atom. The molecule has 0 spiro atoms. The number of rotatable bonds is 6. The minimum absolute atomic E-state index is 0.0467. The van der Waals surface area contributed by atoms with Crippen molar-refractivity contribution >= 4 is 11.8 Å². The zero-order chi connectivity index (χ0) is 13.7. The van der Waals surface area contributed by atoms with E-state index in [1.807, 2.05) is 11.8 Å². The van der Waals surface area contributed by atoms with Crippen molar-refractivity contribution in [3.8, 4) is 5.88 Å². The fourth-order valence-corrected chi connectivity index (χ4v) is 2.45. The van der Waals surface area contributed by atoms with Crippen LogP contribution in [0.1, 0.15) is 32.6 Å². The van der Waals surface area contributed by atoms with Crippen molar-refractivity contribution in [1.29, 1.82) is 0 Å². The highest BCUT2D eigenvalue weighted by Gasteiger charge is 2.26. The molecular weight excluding hydrogens is 246 g/mol. The van der Waals surface area contributed by atoms with Gasteiger partial charge in [0.05, 0.1) is 19.0 Å². The molecule has 0 aliphatic heterocycles. The Balaban J connectivity index is 2.20. The van der Waals surface area contributed by atoms with E-state index in [-0.39, 0.29) is 12.6 Å². The first-order valence-electron chi connectivity index (χ1n) is 6.64.